The normalized spacial score (nSPS) is 10.3. The van der Waals surface area contributed by atoms with E-state index in [0.717, 1.165) is 0 Å². The molecule has 0 amide bonds. The van der Waals surface area contributed by atoms with Gasteiger partial charge in [-0.15, -0.1) is 0 Å². The Bertz CT molecular complexity index is 332. The molecule has 0 aliphatic carbocycles. The largest absolute Gasteiger partial charge is 0.351 e. The maximum absolute atomic E-state index is 2.16. The maximum atomic E-state index is 2.16. The van der Waals surface area contributed by atoms with Gasteiger partial charge in [-0.25, -0.2) is 0 Å². The van der Waals surface area contributed by atoms with Gasteiger partial charge < -0.3 is 4.57 Å². The second-order valence-corrected chi connectivity index (χ2v) is 3.30. The fourth-order valence-electron chi connectivity index (χ4n) is 1.17. The van der Waals surface area contributed by atoms with E-state index in [0.29, 0.717) is 0 Å². The fourth-order valence-corrected chi connectivity index (χ4v) is 1.82. The van der Waals surface area contributed by atoms with Crippen molar-refractivity contribution in [2.45, 2.75) is 0 Å². The van der Waals surface area contributed by atoms with E-state index in [1.807, 2.05) is 0 Å². The summed E-state index contributed by atoms with van der Waals surface area (Å²) in [6.45, 7) is 0. The monoisotopic (exact) mass is 163 g/mol. The summed E-state index contributed by atoms with van der Waals surface area (Å²) in [4.78, 5) is 0. The molecule has 2 aromatic heterocycles. The molecule has 2 rings (SSSR count). The predicted molar refractivity (Wildman–Crippen MR) is 48.7 cm³/mol. The smallest absolute Gasteiger partial charge is 0.0486 e. The molecular formula is C9H9NS. The van der Waals surface area contributed by atoms with E-state index in [2.05, 4.69) is 46.8 Å². The number of hydrogen-bond acceptors (Lipinski definition) is 1. The minimum absolute atomic E-state index is 1.28. The van der Waals surface area contributed by atoms with Gasteiger partial charge in [-0.05, 0) is 23.6 Å². The van der Waals surface area contributed by atoms with Crippen LogP contribution in [0.25, 0.3) is 11.3 Å². The molecule has 2 aromatic rings. The number of hydrogen-bond donors (Lipinski definition) is 0. The molecule has 0 fully saturated rings. The maximum Gasteiger partial charge on any atom is 0.0486 e. The molecule has 2 heteroatoms. The zero-order chi connectivity index (χ0) is 7.68. The summed E-state index contributed by atoms with van der Waals surface area (Å²) in [5, 5.41) is 4.26. The highest BCUT2D eigenvalue weighted by Crippen LogP contribution is 2.21. The zero-order valence-corrected chi connectivity index (χ0v) is 7.14. The van der Waals surface area contributed by atoms with Crippen molar-refractivity contribution in [3.05, 3.63) is 35.2 Å². The highest BCUT2D eigenvalue weighted by molar-refractivity contribution is 7.08. The molecule has 11 heavy (non-hydrogen) atoms. The Balaban J connectivity index is 2.53. The zero-order valence-electron chi connectivity index (χ0n) is 6.32. The van der Waals surface area contributed by atoms with E-state index >= 15 is 0 Å². The Morgan fingerprint density at radius 2 is 2.27 bits per heavy atom. The molecule has 1 nitrogen and oxygen atoms in total. The number of aryl methyl sites for hydroxylation is 1. The van der Waals surface area contributed by atoms with Crippen molar-refractivity contribution in [2.75, 3.05) is 0 Å². The highest BCUT2D eigenvalue weighted by Gasteiger charge is 1.99. The van der Waals surface area contributed by atoms with Crippen molar-refractivity contribution in [3.63, 3.8) is 0 Å². The third-order valence-corrected chi connectivity index (χ3v) is 2.44. The second-order valence-electron chi connectivity index (χ2n) is 2.52. The first kappa shape index (κ1) is 6.68. The molecule has 0 saturated carbocycles. The Hall–Kier alpha value is -1.02. The number of thiophene rings is 1. The Morgan fingerprint density at radius 1 is 1.36 bits per heavy atom. The average molecular weight is 163 g/mol. The van der Waals surface area contributed by atoms with Crippen molar-refractivity contribution in [1.29, 1.82) is 0 Å². The first-order valence-corrected chi connectivity index (χ1v) is 4.46. The molecule has 0 atom stereocenters. The molecule has 0 aliphatic heterocycles. The van der Waals surface area contributed by atoms with E-state index in [1.54, 1.807) is 11.3 Å². The van der Waals surface area contributed by atoms with Crippen molar-refractivity contribution < 1.29 is 0 Å². The van der Waals surface area contributed by atoms with Gasteiger partial charge in [-0.3, -0.25) is 0 Å². The molecule has 0 spiro atoms. The van der Waals surface area contributed by atoms with E-state index in [1.165, 1.54) is 11.3 Å². The van der Waals surface area contributed by atoms with Crippen LogP contribution in [0.1, 0.15) is 0 Å². The van der Waals surface area contributed by atoms with Gasteiger partial charge in [0.1, 0.15) is 0 Å². The van der Waals surface area contributed by atoms with E-state index in [-0.39, 0.29) is 0 Å². The summed E-state index contributed by atoms with van der Waals surface area (Å²) in [7, 11) is 2.06. The van der Waals surface area contributed by atoms with Crippen LogP contribution in [-0.2, 0) is 7.05 Å². The third-order valence-electron chi connectivity index (χ3n) is 1.76. The lowest BCUT2D eigenvalue weighted by Crippen LogP contribution is -1.86. The van der Waals surface area contributed by atoms with Crippen LogP contribution in [0.3, 0.4) is 0 Å². The molecule has 2 heterocycles. The third kappa shape index (κ3) is 1.10. The van der Waals surface area contributed by atoms with E-state index in [4.69, 9.17) is 0 Å². The van der Waals surface area contributed by atoms with Crippen LogP contribution >= 0.6 is 11.3 Å². The van der Waals surface area contributed by atoms with Gasteiger partial charge in [-0.2, -0.15) is 11.3 Å². The molecule has 0 radical (unpaired) electrons. The first-order chi connectivity index (χ1) is 5.38. The first-order valence-electron chi connectivity index (χ1n) is 3.52. The van der Waals surface area contributed by atoms with Gasteiger partial charge in [-0.1, -0.05) is 0 Å². The van der Waals surface area contributed by atoms with Gasteiger partial charge in [0.05, 0.1) is 0 Å². The number of rotatable bonds is 1. The van der Waals surface area contributed by atoms with Gasteiger partial charge in [0.15, 0.2) is 0 Å². The summed E-state index contributed by atoms with van der Waals surface area (Å²) in [6, 6.07) is 6.33. The lowest BCUT2D eigenvalue weighted by Gasteiger charge is -1.97. The quantitative estimate of drug-likeness (QED) is 0.609. The lowest BCUT2D eigenvalue weighted by molar-refractivity contribution is 0.938. The van der Waals surface area contributed by atoms with Crippen LogP contribution in [-0.4, -0.2) is 4.57 Å². The number of nitrogens with zero attached hydrogens (tertiary/aromatic N) is 1. The minimum Gasteiger partial charge on any atom is -0.351 e. The van der Waals surface area contributed by atoms with Crippen LogP contribution in [0.5, 0.6) is 0 Å². The van der Waals surface area contributed by atoms with E-state index in [9.17, 15) is 0 Å². The van der Waals surface area contributed by atoms with Gasteiger partial charge in [0.25, 0.3) is 0 Å². The van der Waals surface area contributed by atoms with Crippen LogP contribution in [0.15, 0.2) is 35.2 Å². The summed E-state index contributed by atoms with van der Waals surface area (Å²) in [5.41, 5.74) is 2.59. The van der Waals surface area contributed by atoms with Crippen molar-refractivity contribution in [1.82, 2.24) is 4.57 Å². The Kier molecular flexibility index (Phi) is 1.55. The summed E-state index contributed by atoms with van der Waals surface area (Å²) >= 11 is 1.73. The van der Waals surface area contributed by atoms with E-state index < -0.39 is 0 Å². The van der Waals surface area contributed by atoms with Crippen LogP contribution in [0.4, 0.5) is 0 Å². The molecular weight excluding hydrogens is 154 g/mol. The molecule has 0 aromatic carbocycles. The highest BCUT2D eigenvalue weighted by atomic mass is 32.1. The van der Waals surface area contributed by atoms with Crippen molar-refractivity contribution in [3.8, 4) is 11.3 Å². The standard InChI is InChI=1S/C9H9NS/c1-10-5-2-3-9(10)8-4-6-11-7-8/h2-7H,1H3. The predicted octanol–water partition coefficient (Wildman–Crippen LogP) is 2.75. The summed E-state index contributed by atoms with van der Waals surface area (Å²) in [6.07, 6.45) is 2.06. The van der Waals surface area contributed by atoms with Gasteiger partial charge in [0, 0.05) is 29.9 Å². The average Bonchev–Trinajstić information content (AvgIpc) is 2.55. The van der Waals surface area contributed by atoms with Crippen molar-refractivity contribution >= 4 is 11.3 Å². The fraction of sp³-hybridized carbons (Fsp3) is 0.111. The Morgan fingerprint density at radius 3 is 2.82 bits per heavy atom. The molecule has 56 valence electrons. The van der Waals surface area contributed by atoms with Crippen LogP contribution in [0, 0.1) is 0 Å². The minimum atomic E-state index is 1.28. The topological polar surface area (TPSA) is 4.93 Å². The van der Waals surface area contributed by atoms with Crippen molar-refractivity contribution in [2.24, 2.45) is 7.05 Å². The molecule has 0 unspecified atom stereocenters. The SMILES string of the molecule is Cn1cccc1-c1ccsc1. The van der Waals surface area contributed by atoms with Gasteiger partial charge in [0.2, 0.25) is 0 Å². The second kappa shape index (κ2) is 2.55. The Labute approximate surface area is 69.9 Å². The molecule has 0 N–H and O–H groups in total. The summed E-state index contributed by atoms with van der Waals surface area (Å²) in [5.74, 6) is 0. The van der Waals surface area contributed by atoms with Gasteiger partial charge >= 0.3 is 0 Å². The van der Waals surface area contributed by atoms with Crippen LogP contribution in [0.2, 0.25) is 0 Å². The van der Waals surface area contributed by atoms with Crippen LogP contribution < -0.4 is 0 Å². The lowest BCUT2D eigenvalue weighted by atomic mass is 10.2. The molecule has 0 bridgehead atoms. The molecule has 0 aliphatic rings. The molecule has 0 saturated heterocycles. The summed E-state index contributed by atoms with van der Waals surface area (Å²) < 4.78 is 2.13. The number of aromatic nitrogens is 1.